The zero-order valence-corrected chi connectivity index (χ0v) is 10.4. The van der Waals surface area contributed by atoms with E-state index in [1.165, 1.54) is 5.56 Å². The standard InChI is InChI=1S/C14H22O2/c1-4-16-14-7-5-12(6-8-14)9-13(10-15)11(2)3/h5-8,11,13,15H,4,9-10H2,1-3H3. The van der Waals surface area contributed by atoms with Gasteiger partial charge in [-0.15, -0.1) is 0 Å². The first-order valence-corrected chi connectivity index (χ1v) is 6.00. The topological polar surface area (TPSA) is 29.5 Å². The molecule has 1 rings (SSSR count). The van der Waals surface area contributed by atoms with Crippen LogP contribution < -0.4 is 4.74 Å². The summed E-state index contributed by atoms with van der Waals surface area (Å²) in [4.78, 5) is 0. The highest BCUT2D eigenvalue weighted by Crippen LogP contribution is 2.19. The van der Waals surface area contributed by atoms with Gasteiger partial charge < -0.3 is 9.84 Å². The third-order valence-corrected chi connectivity index (χ3v) is 2.91. The Hall–Kier alpha value is -1.02. The van der Waals surface area contributed by atoms with Crippen molar-refractivity contribution in [1.82, 2.24) is 0 Å². The van der Waals surface area contributed by atoms with Gasteiger partial charge in [0.15, 0.2) is 0 Å². The second-order valence-corrected chi connectivity index (χ2v) is 4.47. The van der Waals surface area contributed by atoms with Crippen LogP contribution in [-0.2, 0) is 6.42 Å². The summed E-state index contributed by atoms with van der Waals surface area (Å²) >= 11 is 0. The molecular weight excluding hydrogens is 200 g/mol. The van der Waals surface area contributed by atoms with Crippen molar-refractivity contribution in [3.05, 3.63) is 29.8 Å². The molecule has 1 aromatic carbocycles. The SMILES string of the molecule is CCOc1ccc(CC(CO)C(C)C)cc1. The van der Waals surface area contributed by atoms with Crippen LogP contribution >= 0.6 is 0 Å². The molecule has 1 unspecified atom stereocenters. The first-order valence-electron chi connectivity index (χ1n) is 6.00. The van der Waals surface area contributed by atoms with E-state index in [1.54, 1.807) is 0 Å². The smallest absolute Gasteiger partial charge is 0.119 e. The molecule has 0 bridgehead atoms. The van der Waals surface area contributed by atoms with Crippen LogP contribution in [0.15, 0.2) is 24.3 Å². The highest BCUT2D eigenvalue weighted by Gasteiger charge is 2.12. The first-order chi connectivity index (χ1) is 7.67. The third-order valence-electron chi connectivity index (χ3n) is 2.91. The first kappa shape index (κ1) is 13.0. The van der Waals surface area contributed by atoms with Crippen LogP contribution in [0.3, 0.4) is 0 Å². The van der Waals surface area contributed by atoms with Crippen LogP contribution in [0.2, 0.25) is 0 Å². The van der Waals surface area contributed by atoms with Crippen molar-refractivity contribution in [3.63, 3.8) is 0 Å². The molecule has 0 aliphatic carbocycles. The third kappa shape index (κ3) is 3.86. The maximum absolute atomic E-state index is 9.27. The average Bonchev–Trinajstić information content (AvgIpc) is 2.28. The van der Waals surface area contributed by atoms with Gasteiger partial charge in [-0.25, -0.2) is 0 Å². The van der Waals surface area contributed by atoms with Gasteiger partial charge in [0.2, 0.25) is 0 Å². The Kier molecular flexibility index (Phi) is 5.33. The molecular formula is C14H22O2. The number of hydrogen-bond donors (Lipinski definition) is 1. The van der Waals surface area contributed by atoms with E-state index in [1.807, 2.05) is 19.1 Å². The Balaban J connectivity index is 2.60. The molecule has 2 nitrogen and oxygen atoms in total. The summed E-state index contributed by atoms with van der Waals surface area (Å²) in [6.45, 7) is 7.23. The van der Waals surface area contributed by atoms with Crippen LogP contribution in [0, 0.1) is 11.8 Å². The molecule has 0 aromatic heterocycles. The van der Waals surface area contributed by atoms with Gasteiger partial charge in [-0.3, -0.25) is 0 Å². The van der Waals surface area contributed by atoms with E-state index in [2.05, 4.69) is 26.0 Å². The zero-order chi connectivity index (χ0) is 12.0. The number of ether oxygens (including phenoxy) is 1. The van der Waals surface area contributed by atoms with Gasteiger partial charge in [-0.05, 0) is 42.9 Å². The predicted octanol–water partition coefficient (Wildman–Crippen LogP) is 2.89. The van der Waals surface area contributed by atoms with Crippen molar-refractivity contribution < 1.29 is 9.84 Å². The van der Waals surface area contributed by atoms with Crippen molar-refractivity contribution in [2.75, 3.05) is 13.2 Å². The molecule has 0 radical (unpaired) electrons. The lowest BCUT2D eigenvalue weighted by molar-refractivity contribution is 0.189. The van der Waals surface area contributed by atoms with Crippen molar-refractivity contribution in [1.29, 1.82) is 0 Å². The summed E-state index contributed by atoms with van der Waals surface area (Å²) in [5.74, 6) is 1.77. The molecule has 1 atom stereocenters. The molecule has 2 heteroatoms. The second kappa shape index (κ2) is 6.54. The molecule has 0 heterocycles. The van der Waals surface area contributed by atoms with Crippen LogP contribution in [0.5, 0.6) is 5.75 Å². The van der Waals surface area contributed by atoms with E-state index in [0.717, 1.165) is 12.2 Å². The van der Waals surface area contributed by atoms with Crippen molar-refractivity contribution in [2.24, 2.45) is 11.8 Å². The van der Waals surface area contributed by atoms with E-state index in [4.69, 9.17) is 4.74 Å². The number of aliphatic hydroxyl groups excluding tert-OH is 1. The largest absolute Gasteiger partial charge is 0.494 e. The van der Waals surface area contributed by atoms with Crippen LogP contribution in [0.1, 0.15) is 26.3 Å². The molecule has 1 N–H and O–H groups in total. The molecule has 0 amide bonds. The molecule has 1 aromatic rings. The van der Waals surface area contributed by atoms with Gasteiger partial charge in [0, 0.05) is 6.61 Å². The molecule has 0 aliphatic rings. The summed E-state index contributed by atoms with van der Waals surface area (Å²) in [7, 11) is 0. The Morgan fingerprint density at radius 1 is 1.19 bits per heavy atom. The van der Waals surface area contributed by atoms with E-state index >= 15 is 0 Å². The van der Waals surface area contributed by atoms with E-state index in [9.17, 15) is 5.11 Å². The summed E-state index contributed by atoms with van der Waals surface area (Å²) in [5, 5.41) is 9.27. The van der Waals surface area contributed by atoms with E-state index in [0.29, 0.717) is 18.4 Å². The lowest BCUT2D eigenvalue weighted by atomic mass is 9.90. The van der Waals surface area contributed by atoms with Crippen LogP contribution in [0.4, 0.5) is 0 Å². The monoisotopic (exact) mass is 222 g/mol. The molecule has 90 valence electrons. The van der Waals surface area contributed by atoms with Gasteiger partial charge in [0.25, 0.3) is 0 Å². The second-order valence-electron chi connectivity index (χ2n) is 4.47. The summed E-state index contributed by atoms with van der Waals surface area (Å²) in [6.07, 6.45) is 0.931. The predicted molar refractivity (Wildman–Crippen MR) is 66.7 cm³/mol. The van der Waals surface area contributed by atoms with Crippen LogP contribution in [0.25, 0.3) is 0 Å². The van der Waals surface area contributed by atoms with Gasteiger partial charge in [-0.1, -0.05) is 26.0 Å². The fraction of sp³-hybridized carbons (Fsp3) is 0.571. The minimum absolute atomic E-state index is 0.255. The minimum Gasteiger partial charge on any atom is -0.494 e. The zero-order valence-electron chi connectivity index (χ0n) is 10.4. The maximum atomic E-state index is 9.27. The average molecular weight is 222 g/mol. The lowest BCUT2D eigenvalue weighted by Crippen LogP contribution is -2.16. The van der Waals surface area contributed by atoms with Crippen LogP contribution in [-0.4, -0.2) is 18.3 Å². The van der Waals surface area contributed by atoms with Crippen molar-refractivity contribution >= 4 is 0 Å². The number of benzene rings is 1. The molecule has 0 saturated heterocycles. The Bertz CT molecular complexity index is 290. The number of aliphatic hydroxyl groups is 1. The van der Waals surface area contributed by atoms with Gasteiger partial charge in [0.1, 0.15) is 5.75 Å². The number of rotatable bonds is 6. The molecule has 0 saturated carbocycles. The summed E-state index contributed by atoms with van der Waals surface area (Å²) < 4.78 is 5.39. The number of hydrogen-bond acceptors (Lipinski definition) is 2. The highest BCUT2D eigenvalue weighted by atomic mass is 16.5. The maximum Gasteiger partial charge on any atom is 0.119 e. The van der Waals surface area contributed by atoms with E-state index < -0.39 is 0 Å². The quantitative estimate of drug-likeness (QED) is 0.802. The Labute approximate surface area is 98.3 Å². The summed E-state index contributed by atoms with van der Waals surface area (Å²) in [6, 6.07) is 8.15. The molecule has 16 heavy (non-hydrogen) atoms. The normalized spacial score (nSPS) is 12.8. The van der Waals surface area contributed by atoms with Gasteiger partial charge in [0.05, 0.1) is 6.61 Å². The molecule has 0 spiro atoms. The van der Waals surface area contributed by atoms with Crippen molar-refractivity contribution in [3.8, 4) is 5.75 Å². The van der Waals surface area contributed by atoms with Crippen molar-refractivity contribution in [2.45, 2.75) is 27.2 Å². The molecule has 0 aliphatic heterocycles. The fourth-order valence-electron chi connectivity index (χ4n) is 1.70. The van der Waals surface area contributed by atoms with E-state index in [-0.39, 0.29) is 6.61 Å². The highest BCUT2D eigenvalue weighted by molar-refractivity contribution is 5.27. The Morgan fingerprint density at radius 2 is 1.81 bits per heavy atom. The summed E-state index contributed by atoms with van der Waals surface area (Å²) in [5.41, 5.74) is 1.26. The fourth-order valence-corrected chi connectivity index (χ4v) is 1.70. The van der Waals surface area contributed by atoms with Gasteiger partial charge in [-0.2, -0.15) is 0 Å². The Morgan fingerprint density at radius 3 is 2.25 bits per heavy atom. The minimum atomic E-state index is 0.255. The molecule has 0 fully saturated rings. The van der Waals surface area contributed by atoms with Gasteiger partial charge >= 0.3 is 0 Å². The lowest BCUT2D eigenvalue weighted by Gasteiger charge is -2.18.